The minimum atomic E-state index is -1.88. The van der Waals surface area contributed by atoms with Crippen LogP contribution in [0.3, 0.4) is 0 Å². The van der Waals surface area contributed by atoms with Crippen LogP contribution in [0.15, 0.2) is 53.0 Å². The smallest absolute Gasteiger partial charge is 0.350 e. The largest absolute Gasteiger partial charge is 0.455 e. The maximum absolute atomic E-state index is 14.6. The number of aromatic nitrogens is 1. The zero-order valence-electron chi connectivity index (χ0n) is 40.0. The summed E-state index contributed by atoms with van der Waals surface area (Å²) < 4.78 is 23.6. The second-order valence-electron chi connectivity index (χ2n) is 19.3. The first kappa shape index (κ1) is 54.3. The number of carbonyl (C=O) groups is 3. The minimum absolute atomic E-state index is 0.0203. The van der Waals surface area contributed by atoms with E-state index in [1.807, 2.05) is 33.1 Å². The zero-order chi connectivity index (χ0) is 47.8. The van der Waals surface area contributed by atoms with Crippen molar-refractivity contribution >= 4 is 29.1 Å². The van der Waals surface area contributed by atoms with Gasteiger partial charge in [0.2, 0.25) is 5.60 Å². The van der Waals surface area contributed by atoms with Gasteiger partial charge in [0.15, 0.2) is 0 Å². The van der Waals surface area contributed by atoms with E-state index in [1.165, 1.54) is 39.2 Å². The fraction of sp³-hybridized carbons (Fsp3) is 0.714. The van der Waals surface area contributed by atoms with Crippen LogP contribution < -0.4 is 0 Å². The van der Waals surface area contributed by atoms with Crippen molar-refractivity contribution in [2.24, 2.45) is 35.5 Å². The number of aliphatic hydroxyl groups is 5. The Bertz CT molecular complexity index is 1820. The summed E-state index contributed by atoms with van der Waals surface area (Å²) >= 11 is 1.51. The summed E-state index contributed by atoms with van der Waals surface area (Å²) in [4.78, 5) is 46.2. The SMILES string of the molecule is COC1C(C)=CC=CC(C)C(C(C)(O)C=C(C)Cc2csc(C3(C)OC3C)n2)OC(=O)C(C)(OC(=O)C(C)C(C)O)CCC(C)CC(O)C(C)C(=O)C(C)C=CCC(C)C(O)C1O. The predicted octanol–water partition coefficient (Wildman–Crippen LogP) is 6.73. The Labute approximate surface area is 379 Å². The predicted molar refractivity (Wildman–Crippen MR) is 243 cm³/mol. The molecule has 2 aliphatic heterocycles. The van der Waals surface area contributed by atoms with E-state index in [1.54, 1.807) is 78.0 Å². The van der Waals surface area contributed by atoms with Gasteiger partial charge in [-0.2, -0.15) is 0 Å². The van der Waals surface area contributed by atoms with Crippen LogP contribution in [-0.2, 0) is 45.4 Å². The number of ether oxygens (including phenoxy) is 4. The van der Waals surface area contributed by atoms with Crippen molar-refractivity contribution in [2.45, 2.75) is 182 Å². The van der Waals surface area contributed by atoms with E-state index >= 15 is 0 Å². The van der Waals surface area contributed by atoms with Crippen molar-refractivity contribution in [2.75, 3.05) is 7.11 Å². The van der Waals surface area contributed by atoms with E-state index in [4.69, 9.17) is 23.9 Å². The van der Waals surface area contributed by atoms with E-state index in [0.717, 1.165) is 16.3 Å². The molecule has 1 saturated heterocycles. The number of esters is 2. The standard InChI is InChI=1S/C49H77NO12S/c1-27-21-22-48(12,62-44(56)33(7)35(9)51)46(57)60-43(47(11,58)25-28(2)23-37-26-63-45(50-37)49(13)36(10)61-49)32(6)20-16-19-31(5)42(59-14)41(55)40(54)30(4)18-15-17-29(3)39(53)34(8)38(52)24-27/h15-17,19-20,25-27,29-30,32-36,38,40-43,51-52,54-55,58H,18,21-24H2,1-14H3. The first-order valence-corrected chi connectivity index (χ1v) is 23.3. The molecule has 0 aliphatic carbocycles. The van der Waals surface area contributed by atoms with E-state index in [0.29, 0.717) is 24.8 Å². The molecule has 3 rings (SSSR count). The number of cyclic esters (lactones) is 1. The van der Waals surface area contributed by atoms with Crippen molar-refractivity contribution in [1.82, 2.24) is 4.98 Å². The molecule has 63 heavy (non-hydrogen) atoms. The van der Waals surface area contributed by atoms with Crippen LogP contribution in [0, 0.1) is 35.5 Å². The number of nitrogens with zero attached hydrogens (tertiary/aromatic N) is 1. The summed E-state index contributed by atoms with van der Waals surface area (Å²) in [6.45, 7) is 22.4. The molecule has 0 radical (unpaired) electrons. The van der Waals surface area contributed by atoms with Gasteiger partial charge in [0, 0.05) is 36.7 Å². The van der Waals surface area contributed by atoms with Gasteiger partial charge in [-0.3, -0.25) is 9.59 Å². The molecule has 0 aromatic carbocycles. The Kier molecular flexibility index (Phi) is 19.7. The van der Waals surface area contributed by atoms with Crippen LogP contribution in [0.5, 0.6) is 0 Å². The normalized spacial score (nSPS) is 36.9. The third-order valence-electron chi connectivity index (χ3n) is 13.1. The van der Waals surface area contributed by atoms with Crippen LogP contribution in [0.1, 0.15) is 126 Å². The summed E-state index contributed by atoms with van der Waals surface area (Å²) in [6.07, 6.45) is 5.06. The average molecular weight is 904 g/mol. The number of hydrogen-bond acceptors (Lipinski definition) is 14. The Balaban J connectivity index is 2.11. The van der Waals surface area contributed by atoms with Crippen LogP contribution in [0.4, 0.5) is 0 Å². The fourth-order valence-electron chi connectivity index (χ4n) is 8.08. The molecule has 356 valence electrons. The Morgan fingerprint density at radius 2 is 1.71 bits per heavy atom. The number of thiazole rings is 1. The van der Waals surface area contributed by atoms with E-state index < -0.39 is 89.0 Å². The molecular formula is C49H77NO12S. The molecule has 3 heterocycles. The van der Waals surface area contributed by atoms with Crippen molar-refractivity contribution in [3.8, 4) is 0 Å². The summed E-state index contributed by atoms with van der Waals surface area (Å²) in [5, 5.41) is 59.1. The van der Waals surface area contributed by atoms with Crippen molar-refractivity contribution in [3.63, 3.8) is 0 Å². The molecule has 5 N–H and O–H groups in total. The average Bonchev–Trinajstić information content (AvgIpc) is 3.56. The molecule has 16 atom stereocenters. The van der Waals surface area contributed by atoms with Crippen molar-refractivity contribution < 1.29 is 58.9 Å². The highest BCUT2D eigenvalue weighted by Gasteiger charge is 2.53. The van der Waals surface area contributed by atoms with Gasteiger partial charge in [-0.05, 0) is 98.5 Å². The molecule has 13 nitrogen and oxygen atoms in total. The van der Waals surface area contributed by atoms with Crippen LogP contribution >= 0.6 is 11.3 Å². The lowest BCUT2D eigenvalue weighted by atomic mass is 9.84. The molecule has 16 unspecified atom stereocenters. The first-order chi connectivity index (χ1) is 29.2. The fourth-order valence-corrected chi connectivity index (χ4v) is 9.08. The van der Waals surface area contributed by atoms with Crippen LogP contribution in [0.2, 0.25) is 0 Å². The van der Waals surface area contributed by atoms with Gasteiger partial charge in [-0.25, -0.2) is 9.78 Å². The van der Waals surface area contributed by atoms with Crippen LogP contribution in [0.25, 0.3) is 0 Å². The number of Topliss-reactive ketones (excluding diaryl/α,β-unsaturated/α-hetero) is 1. The number of hydrogen-bond donors (Lipinski definition) is 5. The van der Waals surface area contributed by atoms with E-state index in [2.05, 4.69) is 0 Å². The molecule has 0 bridgehead atoms. The van der Waals surface area contributed by atoms with Gasteiger partial charge < -0.3 is 44.5 Å². The summed E-state index contributed by atoms with van der Waals surface area (Å²) in [7, 11) is 1.44. The minimum Gasteiger partial charge on any atom is -0.455 e. The highest BCUT2D eigenvalue weighted by atomic mass is 32.1. The molecule has 0 saturated carbocycles. The van der Waals surface area contributed by atoms with Gasteiger partial charge >= 0.3 is 11.9 Å². The zero-order valence-corrected chi connectivity index (χ0v) is 40.8. The van der Waals surface area contributed by atoms with Gasteiger partial charge in [0.05, 0.1) is 36.0 Å². The third-order valence-corrected chi connectivity index (χ3v) is 14.3. The first-order valence-electron chi connectivity index (χ1n) is 22.5. The lowest BCUT2D eigenvalue weighted by Crippen LogP contribution is -2.51. The lowest BCUT2D eigenvalue weighted by Gasteiger charge is -2.37. The number of allylic oxidation sites excluding steroid dienone is 5. The molecular weight excluding hydrogens is 827 g/mol. The Morgan fingerprint density at radius 1 is 1.08 bits per heavy atom. The lowest BCUT2D eigenvalue weighted by molar-refractivity contribution is -0.197. The number of ketones is 1. The molecule has 2 aliphatic rings. The third kappa shape index (κ3) is 14.5. The molecule has 1 aromatic rings. The summed E-state index contributed by atoms with van der Waals surface area (Å²) in [5.41, 5.74) is -1.92. The maximum Gasteiger partial charge on any atom is 0.350 e. The number of rotatable bonds is 9. The second kappa shape index (κ2) is 22.9. The van der Waals surface area contributed by atoms with E-state index in [9.17, 15) is 39.9 Å². The Hall–Kier alpha value is -3.08. The molecule has 0 amide bonds. The topological polar surface area (TPSA) is 205 Å². The molecule has 1 fully saturated rings. The summed E-state index contributed by atoms with van der Waals surface area (Å²) in [6, 6.07) is 0. The highest BCUT2D eigenvalue weighted by molar-refractivity contribution is 7.09. The quantitative estimate of drug-likeness (QED) is 0.0993. The summed E-state index contributed by atoms with van der Waals surface area (Å²) in [5.74, 6) is -5.38. The van der Waals surface area contributed by atoms with E-state index in [-0.39, 0.29) is 36.6 Å². The maximum atomic E-state index is 14.6. The van der Waals surface area contributed by atoms with Crippen molar-refractivity contribution in [1.29, 1.82) is 0 Å². The monoisotopic (exact) mass is 904 g/mol. The molecule has 1 aromatic heterocycles. The molecule has 0 spiro atoms. The van der Waals surface area contributed by atoms with Crippen molar-refractivity contribution in [3.05, 3.63) is 63.7 Å². The van der Waals surface area contributed by atoms with Gasteiger partial charge in [0.1, 0.15) is 40.3 Å². The van der Waals surface area contributed by atoms with Gasteiger partial charge in [0.25, 0.3) is 0 Å². The number of methoxy groups -OCH3 is 1. The number of epoxide rings is 1. The molecule has 14 heteroatoms. The van der Waals surface area contributed by atoms with Gasteiger partial charge in [-0.15, -0.1) is 11.3 Å². The number of carbonyl (C=O) groups excluding carboxylic acids is 3. The Morgan fingerprint density at radius 3 is 2.30 bits per heavy atom. The van der Waals surface area contributed by atoms with Gasteiger partial charge in [-0.1, -0.05) is 76.6 Å². The second-order valence-corrected chi connectivity index (χ2v) is 20.1. The number of aliphatic hydroxyl groups excluding tert-OH is 4. The highest BCUT2D eigenvalue weighted by Crippen LogP contribution is 2.46. The van der Waals surface area contributed by atoms with Crippen LogP contribution in [-0.4, -0.2) is 109 Å².